The fraction of sp³-hybridized carbons (Fsp3) is 0.300. The van der Waals surface area contributed by atoms with Crippen molar-refractivity contribution in [2.45, 2.75) is 30.7 Å². The molecule has 2 aromatic carbocycles. The number of carbonyl (C=O) groups excluding carboxylic acids is 2. The van der Waals surface area contributed by atoms with Crippen LogP contribution in [0.5, 0.6) is 0 Å². The Balaban J connectivity index is 1.70. The molecule has 8 heteroatoms. The van der Waals surface area contributed by atoms with Gasteiger partial charge in [-0.25, -0.2) is 9.59 Å². The van der Waals surface area contributed by atoms with Crippen LogP contribution >= 0.6 is 0 Å². The Morgan fingerprint density at radius 2 is 1.36 bits per heavy atom. The van der Waals surface area contributed by atoms with Crippen LogP contribution in [0.3, 0.4) is 0 Å². The molecule has 3 rings (SSSR count). The third-order valence-electron chi connectivity index (χ3n) is 4.30. The standard InChI is InChI=1S/C20H20O8/c21-15-16(22)20(25)27-14(11-26-18(23)12-7-3-1-4-8-12)17(15)28-19(24)13-9-5-2-6-10-13/h1-10,14-17,20-22,25H,11H2/t14-,15-,16-,17+,20+/m1/s1. The molecule has 1 saturated heterocycles. The molecule has 1 aliphatic heterocycles. The second-order valence-corrected chi connectivity index (χ2v) is 6.25. The Morgan fingerprint density at radius 3 is 1.93 bits per heavy atom. The lowest BCUT2D eigenvalue weighted by molar-refractivity contribution is -0.285. The van der Waals surface area contributed by atoms with Crippen molar-refractivity contribution >= 4 is 11.9 Å². The van der Waals surface area contributed by atoms with E-state index in [1.165, 1.54) is 12.1 Å². The molecule has 0 aromatic heterocycles. The van der Waals surface area contributed by atoms with Gasteiger partial charge in [0.05, 0.1) is 11.1 Å². The van der Waals surface area contributed by atoms with E-state index in [4.69, 9.17) is 14.2 Å². The van der Waals surface area contributed by atoms with Crippen LogP contribution < -0.4 is 0 Å². The molecule has 0 saturated carbocycles. The van der Waals surface area contributed by atoms with Crippen molar-refractivity contribution in [2.75, 3.05) is 6.61 Å². The fourth-order valence-corrected chi connectivity index (χ4v) is 2.78. The minimum absolute atomic E-state index is 0.232. The van der Waals surface area contributed by atoms with Gasteiger partial charge in [-0.3, -0.25) is 0 Å². The molecule has 3 N–H and O–H groups in total. The van der Waals surface area contributed by atoms with Crippen LogP contribution in [0.2, 0.25) is 0 Å². The van der Waals surface area contributed by atoms with Crippen LogP contribution in [0, 0.1) is 0 Å². The first kappa shape index (κ1) is 20.0. The van der Waals surface area contributed by atoms with Crippen molar-refractivity contribution in [3.8, 4) is 0 Å². The molecule has 1 fully saturated rings. The third kappa shape index (κ3) is 4.55. The van der Waals surface area contributed by atoms with E-state index in [1.807, 2.05) is 0 Å². The molecule has 0 bridgehead atoms. The van der Waals surface area contributed by atoms with E-state index < -0.39 is 49.3 Å². The van der Waals surface area contributed by atoms with Gasteiger partial charge in [0.25, 0.3) is 0 Å². The molecule has 1 heterocycles. The minimum atomic E-state index is -1.72. The lowest BCUT2D eigenvalue weighted by Crippen LogP contribution is -2.60. The van der Waals surface area contributed by atoms with Gasteiger partial charge in [0, 0.05) is 0 Å². The summed E-state index contributed by atoms with van der Waals surface area (Å²) in [6.07, 6.45) is -7.56. The second-order valence-electron chi connectivity index (χ2n) is 6.25. The number of hydrogen-bond donors (Lipinski definition) is 3. The summed E-state index contributed by atoms with van der Waals surface area (Å²) in [4.78, 5) is 24.4. The number of carbonyl (C=O) groups is 2. The molecule has 0 radical (unpaired) electrons. The lowest BCUT2D eigenvalue weighted by atomic mass is 9.99. The molecule has 148 valence electrons. The summed E-state index contributed by atoms with van der Waals surface area (Å²) in [6.45, 7) is -0.401. The highest BCUT2D eigenvalue weighted by atomic mass is 16.7. The average Bonchev–Trinajstić information content (AvgIpc) is 2.73. The number of hydrogen-bond acceptors (Lipinski definition) is 8. The summed E-state index contributed by atoms with van der Waals surface area (Å²) >= 11 is 0. The molecule has 0 unspecified atom stereocenters. The summed E-state index contributed by atoms with van der Waals surface area (Å²) in [5.74, 6) is -1.40. The normalized spacial score (nSPS) is 27.0. The van der Waals surface area contributed by atoms with Crippen LogP contribution in [0.1, 0.15) is 20.7 Å². The van der Waals surface area contributed by atoms with E-state index in [2.05, 4.69) is 0 Å². The van der Waals surface area contributed by atoms with Crippen molar-refractivity contribution < 1.29 is 39.1 Å². The fourth-order valence-electron chi connectivity index (χ4n) is 2.78. The molecule has 28 heavy (non-hydrogen) atoms. The number of aliphatic hydroxyl groups excluding tert-OH is 3. The summed E-state index contributed by atoms with van der Waals surface area (Å²) in [5, 5.41) is 29.9. The Kier molecular flexibility index (Phi) is 6.37. The number of aliphatic hydroxyl groups is 3. The van der Waals surface area contributed by atoms with Gasteiger partial charge in [0.2, 0.25) is 0 Å². The summed E-state index contributed by atoms with van der Waals surface area (Å²) in [5.41, 5.74) is 0.535. The first-order valence-corrected chi connectivity index (χ1v) is 8.65. The monoisotopic (exact) mass is 388 g/mol. The largest absolute Gasteiger partial charge is 0.459 e. The van der Waals surface area contributed by atoms with Gasteiger partial charge in [-0.05, 0) is 24.3 Å². The van der Waals surface area contributed by atoms with E-state index in [1.54, 1.807) is 48.5 Å². The first-order chi connectivity index (χ1) is 13.5. The highest BCUT2D eigenvalue weighted by molar-refractivity contribution is 5.90. The molecular weight excluding hydrogens is 368 g/mol. The number of benzene rings is 2. The lowest BCUT2D eigenvalue weighted by Gasteiger charge is -2.39. The maximum Gasteiger partial charge on any atom is 0.338 e. The zero-order valence-electron chi connectivity index (χ0n) is 14.8. The minimum Gasteiger partial charge on any atom is -0.459 e. The SMILES string of the molecule is O=C(OC[C@H]1O[C@H](O)[C@H](O)[C@@H](O)[C@H]1OC(=O)c1ccccc1)c1ccccc1. The predicted molar refractivity (Wildman–Crippen MR) is 95.3 cm³/mol. The van der Waals surface area contributed by atoms with Crippen LogP contribution in [-0.2, 0) is 14.2 Å². The van der Waals surface area contributed by atoms with E-state index in [9.17, 15) is 24.9 Å². The molecule has 8 nitrogen and oxygen atoms in total. The molecule has 0 amide bonds. The van der Waals surface area contributed by atoms with Crippen LogP contribution in [-0.4, -0.2) is 64.6 Å². The van der Waals surface area contributed by atoms with Crippen molar-refractivity contribution in [3.05, 3.63) is 71.8 Å². The number of rotatable bonds is 5. The van der Waals surface area contributed by atoms with Gasteiger partial charge >= 0.3 is 11.9 Å². The first-order valence-electron chi connectivity index (χ1n) is 8.65. The third-order valence-corrected chi connectivity index (χ3v) is 4.30. The second kappa shape index (κ2) is 8.94. The Hall–Kier alpha value is -2.78. The highest BCUT2D eigenvalue weighted by Gasteiger charge is 2.46. The van der Waals surface area contributed by atoms with Crippen molar-refractivity contribution in [2.24, 2.45) is 0 Å². The number of ether oxygens (including phenoxy) is 3. The van der Waals surface area contributed by atoms with Gasteiger partial charge in [0.15, 0.2) is 12.4 Å². The molecule has 5 atom stereocenters. The van der Waals surface area contributed by atoms with Crippen LogP contribution in [0.4, 0.5) is 0 Å². The number of esters is 2. The molecule has 0 spiro atoms. The smallest absolute Gasteiger partial charge is 0.338 e. The topological polar surface area (TPSA) is 123 Å². The Morgan fingerprint density at radius 1 is 0.821 bits per heavy atom. The maximum absolute atomic E-state index is 12.3. The van der Waals surface area contributed by atoms with Crippen molar-refractivity contribution in [1.82, 2.24) is 0 Å². The van der Waals surface area contributed by atoms with E-state index in [0.717, 1.165) is 0 Å². The highest BCUT2D eigenvalue weighted by Crippen LogP contribution is 2.24. The van der Waals surface area contributed by atoms with Crippen LogP contribution in [0.15, 0.2) is 60.7 Å². The quantitative estimate of drug-likeness (QED) is 0.633. The van der Waals surface area contributed by atoms with Gasteiger partial charge < -0.3 is 29.5 Å². The van der Waals surface area contributed by atoms with E-state index in [0.29, 0.717) is 5.56 Å². The van der Waals surface area contributed by atoms with Gasteiger partial charge in [0.1, 0.15) is 24.9 Å². The van der Waals surface area contributed by atoms with Crippen LogP contribution in [0.25, 0.3) is 0 Å². The van der Waals surface area contributed by atoms with Gasteiger partial charge in [-0.2, -0.15) is 0 Å². The van der Waals surface area contributed by atoms with Gasteiger partial charge in [-0.15, -0.1) is 0 Å². The summed E-state index contributed by atoms with van der Waals surface area (Å²) < 4.78 is 15.6. The van der Waals surface area contributed by atoms with Crippen molar-refractivity contribution in [1.29, 1.82) is 0 Å². The van der Waals surface area contributed by atoms with E-state index in [-0.39, 0.29) is 5.56 Å². The molecule has 0 aliphatic carbocycles. The zero-order chi connectivity index (χ0) is 20.1. The Bertz CT molecular complexity index is 794. The molecule has 2 aromatic rings. The maximum atomic E-state index is 12.3. The average molecular weight is 388 g/mol. The summed E-state index contributed by atoms with van der Waals surface area (Å²) in [6, 6.07) is 16.3. The Labute approximate surface area is 160 Å². The van der Waals surface area contributed by atoms with E-state index >= 15 is 0 Å². The molecule has 1 aliphatic rings. The summed E-state index contributed by atoms with van der Waals surface area (Å²) in [7, 11) is 0. The molecular formula is C20H20O8. The van der Waals surface area contributed by atoms with Crippen molar-refractivity contribution in [3.63, 3.8) is 0 Å². The van der Waals surface area contributed by atoms with Gasteiger partial charge in [-0.1, -0.05) is 36.4 Å². The zero-order valence-corrected chi connectivity index (χ0v) is 14.8. The predicted octanol–water partition coefficient (Wildman–Crippen LogP) is 0.508.